The predicted octanol–water partition coefficient (Wildman–Crippen LogP) is 4.42. The Hall–Kier alpha value is -2.80. The summed E-state index contributed by atoms with van der Waals surface area (Å²) in [4.78, 5) is 25.3. The van der Waals surface area contributed by atoms with E-state index in [1.54, 1.807) is 29.7 Å². The minimum atomic E-state index is -0.534. The highest BCUT2D eigenvalue weighted by Gasteiger charge is 2.16. The molecule has 0 aliphatic rings. The van der Waals surface area contributed by atoms with E-state index in [0.717, 1.165) is 20.9 Å². The third kappa shape index (κ3) is 5.60. The molecule has 0 aliphatic carbocycles. The second kappa shape index (κ2) is 8.48. The van der Waals surface area contributed by atoms with Gasteiger partial charge in [0.05, 0.1) is 28.2 Å². The highest BCUT2D eigenvalue weighted by molar-refractivity contribution is 7.18. The highest BCUT2D eigenvalue weighted by atomic mass is 32.1. The Bertz CT molecular complexity index is 972. The van der Waals surface area contributed by atoms with Gasteiger partial charge in [-0.25, -0.2) is 9.78 Å². The van der Waals surface area contributed by atoms with Gasteiger partial charge in [0.1, 0.15) is 16.4 Å². The summed E-state index contributed by atoms with van der Waals surface area (Å²) >= 11 is 1.64. The molecule has 0 aliphatic heterocycles. The Morgan fingerprint density at radius 3 is 2.75 bits per heavy atom. The van der Waals surface area contributed by atoms with E-state index in [1.807, 2.05) is 45.9 Å². The molecule has 0 radical (unpaired) electrons. The van der Waals surface area contributed by atoms with Gasteiger partial charge in [-0.1, -0.05) is 12.1 Å². The first-order valence-corrected chi connectivity index (χ1v) is 9.78. The standard InChI is InChI=1S/C21H23N3O3S/c1-14(23-12-19-24-16-7-5-6-8-18(16)28-19)17-11-15(9-10-22-17)26-13-20(25)27-21(2,3)4/h5-11H,12-13H2,1-4H3. The minimum Gasteiger partial charge on any atom is -0.482 e. The van der Waals surface area contributed by atoms with Gasteiger partial charge in [0.25, 0.3) is 0 Å². The fourth-order valence-electron chi connectivity index (χ4n) is 2.47. The summed E-state index contributed by atoms with van der Waals surface area (Å²) in [7, 11) is 0. The van der Waals surface area contributed by atoms with Crippen LogP contribution in [-0.2, 0) is 16.1 Å². The van der Waals surface area contributed by atoms with E-state index in [0.29, 0.717) is 18.0 Å². The quantitative estimate of drug-likeness (QED) is 0.455. The Morgan fingerprint density at radius 1 is 1.21 bits per heavy atom. The lowest BCUT2D eigenvalue weighted by Crippen LogP contribution is -2.27. The SMILES string of the molecule is CC(=NCc1nc2ccccc2s1)c1cc(OCC(=O)OC(C)(C)C)ccn1. The molecule has 0 saturated carbocycles. The van der Waals surface area contributed by atoms with E-state index >= 15 is 0 Å². The molecule has 0 saturated heterocycles. The van der Waals surface area contributed by atoms with Crippen molar-refractivity contribution in [3.63, 3.8) is 0 Å². The molecular formula is C21H23N3O3S. The van der Waals surface area contributed by atoms with Crippen molar-refractivity contribution in [2.45, 2.75) is 39.8 Å². The molecule has 0 amide bonds. The van der Waals surface area contributed by atoms with Crippen LogP contribution < -0.4 is 4.74 Å². The maximum absolute atomic E-state index is 11.8. The molecule has 28 heavy (non-hydrogen) atoms. The molecule has 0 fully saturated rings. The monoisotopic (exact) mass is 397 g/mol. The zero-order chi connectivity index (χ0) is 20.1. The van der Waals surface area contributed by atoms with Gasteiger partial charge in [-0.15, -0.1) is 11.3 Å². The van der Waals surface area contributed by atoms with Crippen LogP contribution in [0.4, 0.5) is 0 Å². The minimum absolute atomic E-state index is 0.150. The second-order valence-electron chi connectivity index (χ2n) is 7.23. The Morgan fingerprint density at radius 2 is 2.00 bits per heavy atom. The van der Waals surface area contributed by atoms with Crippen LogP contribution in [0.1, 0.15) is 38.4 Å². The fourth-order valence-corrected chi connectivity index (χ4v) is 3.36. The normalized spacial score (nSPS) is 12.2. The van der Waals surface area contributed by atoms with E-state index in [2.05, 4.69) is 21.0 Å². The molecule has 0 unspecified atom stereocenters. The van der Waals surface area contributed by atoms with Crippen LogP contribution in [0.15, 0.2) is 47.6 Å². The summed E-state index contributed by atoms with van der Waals surface area (Å²) in [6, 6.07) is 11.5. The number of benzene rings is 1. The molecule has 0 bridgehead atoms. The first kappa shape index (κ1) is 19.9. The summed E-state index contributed by atoms with van der Waals surface area (Å²) in [5.41, 5.74) is 1.93. The van der Waals surface area contributed by atoms with Crippen LogP contribution in [0.5, 0.6) is 5.75 Å². The molecular weight excluding hydrogens is 374 g/mol. The van der Waals surface area contributed by atoms with Crippen LogP contribution in [0.3, 0.4) is 0 Å². The Balaban J connectivity index is 1.63. The molecule has 3 aromatic rings. The molecule has 1 aromatic carbocycles. The van der Waals surface area contributed by atoms with Crippen LogP contribution >= 0.6 is 11.3 Å². The smallest absolute Gasteiger partial charge is 0.344 e. The largest absolute Gasteiger partial charge is 0.482 e. The van der Waals surface area contributed by atoms with E-state index in [-0.39, 0.29) is 6.61 Å². The number of pyridine rings is 1. The number of rotatable bonds is 6. The number of carbonyl (C=O) groups is 1. The number of esters is 1. The van der Waals surface area contributed by atoms with Crippen molar-refractivity contribution < 1.29 is 14.3 Å². The van der Waals surface area contributed by atoms with E-state index in [9.17, 15) is 4.79 Å². The van der Waals surface area contributed by atoms with Crippen molar-refractivity contribution in [3.05, 3.63) is 53.3 Å². The van der Waals surface area contributed by atoms with Gasteiger partial charge in [-0.05, 0) is 45.9 Å². The number of hydrogen-bond donors (Lipinski definition) is 0. The maximum atomic E-state index is 11.8. The summed E-state index contributed by atoms with van der Waals surface area (Å²) in [5, 5.41) is 0.956. The first-order valence-electron chi connectivity index (χ1n) is 8.97. The van der Waals surface area contributed by atoms with Crippen molar-refractivity contribution in [1.29, 1.82) is 0 Å². The molecule has 7 heteroatoms. The van der Waals surface area contributed by atoms with E-state index < -0.39 is 11.6 Å². The number of aromatic nitrogens is 2. The lowest BCUT2D eigenvalue weighted by molar-refractivity contribution is -0.157. The third-order valence-electron chi connectivity index (χ3n) is 3.67. The van der Waals surface area contributed by atoms with Gasteiger partial charge >= 0.3 is 5.97 Å². The lowest BCUT2D eigenvalue weighted by Gasteiger charge is -2.19. The van der Waals surface area contributed by atoms with Crippen molar-refractivity contribution in [1.82, 2.24) is 9.97 Å². The number of fused-ring (bicyclic) bond motifs is 1. The molecule has 2 aromatic heterocycles. The highest BCUT2D eigenvalue weighted by Crippen LogP contribution is 2.22. The summed E-state index contributed by atoms with van der Waals surface area (Å²) < 4.78 is 11.9. The molecule has 2 heterocycles. The van der Waals surface area contributed by atoms with Gasteiger partial charge in [-0.2, -0.15) is 0 Å². The number of aliphatic imine (C=N–C) groups is 1. The topological polar surface area (TPSA) is 73.7 Å². The average molecular weight is 398 g/mol. The third-order valence-corrected chi connectivity index (χ3v) is 4.69. The van der Waals surface area contributed by atoms with Crippen molar-refractivity contribution in [2.24, 2.45) is 4.99 Å². The number of nitrogens with zero attached hydrogens (tertiary/aromatic N) is 3. The molecule has 0 spiro atoms. The number of para-hydroxylation sites is 1. The summed E-state index contributed by atoms with van der Waals surface area (Å²) in [6.07, 6.45) is 1.64. The van der Waals surface area contributed by atoms with Crippen LogP contribution in [0.25, 0.3) is 10.2 Å². The van der Waals surface area contributed by atoms with Crippen molar-refractivity contribution >= 4 is 33.2 Å². The maximum Gasteiger partial charge on any atom is 0.344 e. The number of ether oxygens (including phenoxy) is 2. The van der Waals surface area contributed by atoms with E-state index in [1.165, 1.54) is 0 Å². The van der Waals surface area contributed by atoms with Crippen LogP contribution in [-0.4, -0.2) is 33.9 Å². The number of hydrogen-bond acceptors (Lipinski definition) is 7. The van der Waals surface area contributed by atoms with Crippen LogP contribution in [0, 0.1) is 0 Å². The Kier molecular flexibility index (Phi) is 6.04. The van der Waals surface area contributed by atoms with E-state index in [4.69, 9.17) is 9.47 Å². The fraction of sp³-hybridized carbons (Fsp3) is 0.333. The second-order valence-corrected chi connectivity index (χ2v) is 8.34. The molecule has 0 N–H and O–H groups in total. The average Bonchev–Trinajstić information content (AvgIpc) is 3.06. The number of carbonyl (C=O) groups excluding carboxylic acids is 1. The van der Waals surface area contributed by atoms with Gasteiger partial charge in [0.15, 0.2) is 6.61 Å². The van der Waals surface area contributed by atoms with Gasteiger partial charge in [0, 0.05) is 12.3 Å². The zero-order valence-corrected chi connectivity index (χ0v) is 17.2. The molecule has 146 valence electrons. The zero-order valence-electron chi connectivity index (χ0n) is 16.4. The van der Waals surface area contributed by atoms with Gasteiger partial charge in [0.2, 0.25) is 0 Å². The molecule has 6 nitrogen and oxygen atoms in total. The summed E-state index contributed by atoms with van der Waals surface area (Å²) in [6.45, 7) is 7.70. The van der Waals surface area contributed by atoms with Crippen molar-refractivity contribution in [3.8, 4) is 5.75 Å². The molecule has 3 rings (SSSR count). The van der Waals surface area contributed by atoms with Gasteiger partial charge in [-0.3, -0.25) is 9.98 Å². The lowest BCUT2D eigenvalue weighted by atomic mass is 10.2. The Labute approximate surface area is 168 Å². The van der Waals surface area contributed by atoms with Gasteiger partial charge < -0.3 is 9.47 Å². The van der Waals surface area contributed by atoms with Crippen molar-refractivity contribution in [2.75, 3.05) is 6.61 Å². The first-order chi connectivity index (χ1) is 13.3. The number of thiazole rings is 1. The van der Waals surface area contributed by atoms with Crippen LogP contribution in [0.2, 0.25) is 0 Å². The molecule has 0 atom stereocenters. The summed E-state index contributed by atoms with van der Waals surface area (Å²) in [5.74, 6) is 0.137. The predicted molar refractivity (Wildman–Crippen MR) is 111 cm³/mol.